The summed E-state index contributed by atoms with van der Waals surface area (Å²) >= 11 is 1.70. The van der Waals surface area contributed by atoms with Gasteiger partial charge in [0.2, 0.25) is 0 Å². The van der Waals surface area contributed by atoms with Gasteiger partial charge >= 0.3 is 0 Å². The number of phenolic OH excluding ortho intramolecular Hbond substituents is 1. The Bertz CT molecular complexity index is 874. The number of carbonyl (C=O) groups excluding carboxylic acids is 2. The lowest BCUT2D eigenvalue weighted by Crippen LogP contribution is -2.49. The molecule has 0 saturated carbocycles. The largest absolute Gasteiger partial charge is 0.507 e. The molecule has 3 N–H and O–H groups in total. The molecular formula is C21H23NO6S. The maximum absolute atomic E-state index is 13.2. The molecule has 1 heterocycles. The number of aldehydes is 1. The molecule has 0 aromatic heterocycles. The first kappa shape index (κ1) is 21.2. The van der Waals surface area contributed by atoms with E-state index in [1.165, 1.54) is 6.07 Å². The van der Waals surface area contributed by atoms with Crippen LogP contribution in [0.5, 0.6) is 11.5 Å². The molecule has 2 atom stereocenters. The number of aromatic hydroxyl groups is 1. The first-order chi connectivity index (χ1) is 14.1. The highest BCUT2D eigenvalue weighted by Gasteiger charge is 2.30. The molecule has 1 aliphatic rings. The van der Waals surface area contributed by atoms with E-state index in [9.17, 15) is 24.9 Å². The molecule has 3 rings (SSSR count). The standard InChI is InChI=1S/C21H23NO6S/c23-10-17-18(25)6-3-7-20(17)28-12-14-13-29-9-8-22(14)21(27)16-5-2-1-4-15(16)19(26)11-24/h1-7,10,14,19,24-26H,8-9,11-13H2/t14-,19-/m0/s1. The smallest absolute Gasteiger partial charge is 0.254 e. The highest BCUT2D eigenvalue weighted by molar-refractivity contribution is 7.99. The summed E-state index contributed by atoms with van der Waals surface area (Å²) < 4.78 is 5.78. The van der Waals surface area contributed by atoms with Gasteiger partial charge in [0.1, 0.15) is 24.2 Å². The molecule has 0 unspecified atom stereocenters. The van der Waals surface area contributed by atoms with Crippen LogP contribution in [0.15, 0.2) is 42.5 Å². The SMILES string of the molecule is O=Cc1c(O)cccc1OC[C@H]1CSCCN1C(=O)c1ccccc1[C@@H](O)CO. The molecule has 154 valence electrons. The van der Waals surface area contributed by atoms with Gasteiger partial charge in [0.05, 0.1) is 18.2 Å². The van der Waals surface area contributed by atoms with E-state index in [1.54, 1.807) is 53.1 Å². The Morgan fingerprint density at radius 2 is 2.07 bits per heavy atom. The number of nitrogens with zero attached hydrogens (tertiary/aromatic N) is 1. The number of aliphatic hydroxyl groups is 2. The molecule has 0 spiro atoms. The Hall–Kier alpha value is -2.55. The number of amides is 1. The normalized spacial score (nSPS) is 17.6. The van der Waals surface area contributed by atoms with Gasteiger partial charge in [0.15, 0.2) is 6.29 Å². The van der Waals surface area contributed by atoms with Crippen LogP contribution >= 0.6 is 11.8 Å². The molecular weight excluding hydrogens is 394 g/mol. The fraction of sp³-hybridized carbons (Fsp3) is 0.333. The second-order valence-corrected chi connectivity index (χ2v) is 7.78. The minimum atomic E-state index is -1.13. The summed E-state index contributed by atoms with van der Waals surface area (Å²) in [6.07, 6.45) is -0.595. The predicted molar refractivity (Wildman–Crippen MR) is 110 cm³/mol. The summed E-state index contributed by atoms with van der Waals surface area (Å²) in [5.41, 5.74) is 0.802. The molecule has 2 aromatic rings. The number of hydrogen-bond donors (Lipinski definition) is 3. The van der Waals surface area contributed by atoms with E-state index in [-0.39, 0.29) is 35.6 Å². The minimum Gasteiger partial charge on any atom is -0.507 e. The fourth-order valence-corrected chi connectivity index (χ4v) is 4.30. The van der Waals surface area contributed by atoms with E-state index in [0.29, 0.717) is 29.7 Å². The predicted octanol–water partition coefficient (Wildman–Crippen LogP) is 1.87. The topological polar surface area (TPSA) is 107 Å². The van der Waals surface area contributed by atoms with Crippen LogP contribution in [0.25, 0.3) is 0 Å². The van der Waals surface area contributed by atoms with Gasteiger partial charge < -0.3 is 25.0 Å². The van der Waals surface area contributed by atoms with Crippen LogP contribution in [-0.4, -0.2) is 69.7 Å². The average molecular weight is 417 g/mol. The van der Waals surface area contributed by atoms with E-state index in [1.807, 2.05) is 0 Å². The van der Waals surface area contributed by atoms with Gasteiger partial charge in [-0.15, -0.1) is 0 Å². The average Bonchev–Trinajstić information content (AvgIpc) is 2.77. The van der Waals surface area contributed by atoms with Crippen molar-refractivity contribution in [2.75, 3.05) is 31.3 Å². The van der Waals surface area contributed by atoms with E-state index >= 15 is 0 Å². The molecule has 29 heavy (non-hydrogen) atoms. The van der Waals surface area contributed by atoms with Crippen LogP contribution in [0.4, 0.5) is 0 Å². The number of phenols is 1. The summed E-state index contributed by atoms with van der Waals surface area (Å²) in [4.78, 5) is 26.1. The van der Waals surface area contributed by atoms with Gasteiger partial charge in [-0.25, -0.2) is 0 Å². The number of benzene rings is 2. The van der Waals surface area contributed by atoms with Gasteiger partial charge in [-0.05, 0) is 23.8 Å². The van der Waals surface area contributed by atoms with Crippen LogP contribution < -0.4 is 4.74 Å². The molecule has 0 radical (unpaired) electrons. The Morgan fingerprint density at radius 1 is 1.28 bits per heavy atom. The second kappa shape index (κ2) is 9.78. The van der Waals surface area contributed by atoms with Crippen molar-refractivity contribution in [1.29, 1.82) is 0 Å². The third-order valence-electron chi connectivity index (χ3n) is 4.80. The van der Waals surface area contributed by atoms with Crippen molar-refractivity contribution < 1.29 is 29.6 Å². The summed E-state index contributed by atoms with van der Waals surface area (Å²) in [5, 5.41) is 29.1. The number of rotatable bonds is 7. The molecule has 0 aliphatic carbocycles. The monoisotopic (exact) mass is 417 g/mol. The molecule has 7 nitrogen and oxygen atoms in total. The number of aliphatic hydroxyl groups excluding tert-OH is 2. The lowest BCUT2D eigenvalue weighted by Gasteiger charge is -2.36. The summed E-state index contributed by atoms with van der Waals surface area (Å²) in [6, 6.07) is 11.0. The van der Waals surface area contributed by atoms with Crippen LogP contribution in [0.3, 0.4) is 0 Å². The number of carbonyl (C=O) groups is 2. The van der Waals surface area contributed by atoms with Gasteiger partial charge in [-0.1, -0.05) is 24.3 Å². The van der Waals surface area contributed by atoms with Crippen molar-refractivity contribution in [2.45, 2.75) is 12.1 Å². The number of hydrogen-bond acceptors (Lipinski definition) is 7. The zero-order valence-electron chi connectivity index (χ0n) is 15.7. The highest BCUT2D eigenvalue weighted by atomic mass is 32.2. The molecule has 8 heteroatoms. The maximum atomic E-state index is 13.2. The Labute approximate surface area is 172 Å². The van der Waals surface area contributed by atoms with Crippen molar-refractivity contribution in [3.05, 3.63) is 59.2 Å². The van der Waals surface area contributed by atoms with E-state index in [4.69, 9.17) is 4.74 Å². The second-order valence-electron chi connectivity index (χ2n) is 6.63. The Kier molecular flexibility index (Phi) is 7.13. The molecule has 1 fully saturated rings. The van der Waals surface area contributed by atoms with Crippen LogP contribution in [0, 0.1) is 0 Å². The van der Waals surface area contributed by atoms with Crippen molar-refractivity contribution in [2.24, 2.45) is 0 Å². The Morgan fingerprint density at radius 3 is 2.83 bits per heavy atom. The van der Waals surface area contributed by atoms with Crippen LogP contribution in [0.2, 0.25) is 0 Å². The van der Waals surface area contributed by atoms with Crippen molar-refractivity contribution >= 4 is 24.0 Å². The van der Waals surface area contributed by atoms with Gasteiger partial charge in [-0.2, -0.15) is 11.8 Å². The van der Waals surface area contributed by atoms with Gasteiger partial charge in [0, 0.05) is 23.6 Å². The molecule has 1 aliphatic heterocycles. The lowest BCUT2D eigenvalue weighted by molar-refractivity contribution is 0.0628. The van der Waals surface area contributed by atoms with E-state index in [2.05, 4.69) is 0 Å². The van der Waals surface area contributed by atoms with Crippen LogP contribution in [-0.2, 0) is 0 Å². The van der Waals surface area contributed by atoms with E-state index < -0.39 is 12.7 Å². The summed E-state index contributed by atoms with van der Waals surface area (Å²) in [7, 11) is 0. The molecule has 2 aromatic carbocycles. The van der Waals surface area contributed by atoms with E-state index in [0.717, 1.165) is 5.75 Å². The third kappa shape index (κ3) is 4.72. The van der Waals surface area contributed by atoms with Crippen molar-refractivity contribution in [1.82, 2.24) is 4.90 Å². The van der Waals surface area contributed by atoms with Gasteiger partial charge in [-0.3, -0.25) is 9.59 Å². The zero-order chi connectivity index (χ0) is 20.8. The number of thioether (sulfide) groups is 1. The zero-order valence-corrected chi connectivity index (χ0v) is 16.5. The third-order valence-corrected chi connectivity index (χ3v) is 5.90. The maximum Gasteiger partial charge on any atom is 0.254 e. The lowest BCUT2D eigenvalue weighted by atomic mass is 10.0. The highest BCUT2D eigenvalue weighted by Crippen LogP contribution is 2.28. The van der Waals surface area contributed by atoms with Crippen molar-refractivity contribution in [3.63, 3.8) is 0 Å². The Balaban J connectivity index is 1.79. The van der Waals surface area contributed by atoms with Crippen LogP contribution in [0.1, 0.15) is 32.4 Å². The molecule has 1 saturated heterocycles. The van der Waals surface area contributed by atoms with Gasteiger partial charge in [0.25, 0.3) is 5.91 Å². The summed E-state index contributed by atoms with van der Waals surface area (Å²) in [5.74, 6) is 1.30. The minimum absolute atomic E-state index is 0.0743. The quantitative estimate of drug-likeness (QED) is 0.590. The first-order valence-electron chi connectivity index (χ1n) is 9.23. The molecule has 0 bridgehead atoms. The van der Waals surface area contributed by atoms with Crippen molar-refractivity contribution in [3.8, 4) is 11.5 Å². The fourth-order valence-electron chi connectivity index (χ4n) is 3.26. The first-order valence-corrected chi connectivity index (χ1v) is 10.4. The number of ether oxygens (including phenoxy) is 1. The molecule has 1 amide bonds. The summed E-state index contributed by atoms with van der Waals surface area (Å²) in [6.45, 7) is 0.202.